The molecule has 0 saturated carbocycles. The van der Waals surface area contributed by atoms with Crippen molar-refractivity contribution in [2.45, 2.75) is 19.9 Å². The highest BCUT2D eigenvalue weighted by molar-refractivity contribution is 5.37. The van der Waals surface area contributed by atoms with Gasteiger partial charge in [-0.15, -0.1) is 0 Å². The normalized spacial score (nSPS) is 18.5. The van der Waals surface area contributed by atoms with E-state index >= 15 is 0 Å². The van der Waals surface area contributed by atoms with E-state index in [2.05, 4.69) is 10.2 Å². The maximum Gasteiger partial charge on any atom is 0.126 e. The van der Waals surface area contributed by atoms with Gasteiger partial charge in [0.15, 0.2) is 0 Å². The van der Waals surface area contributed by atoms with Crippen molar-refractivity contribution in [3.63, 3.8) is 0 Å². The first-order chi connectivity index (χ1) is 9.99. The van der Waals surface area contributed by atoms with E-state index in [4.69, 9.17) is 4.74 Å². The first kappa shape index (κ1) is 16.2. The van der Waals surface area contributed by atoms with Gasteiger partial charge in [0.2, 0.25) is 0 Å². The van der Waals surface area contributed by atoms with Crippen LogP contribution < -0.4 is 10.1 Å². The standard InChI is InChI=1S/C16H25FN2O2/c1-16(2,11-20)15(19-8-6-18-7-9-19)13-5-4-12(17)10-14(13)21-3/h4-5,10,15,18,20H,6-9,11H2,1-3H3/t15-/m1/s1. The molecule has 0 unspecified atom stereocenters. The van der Waals surface area contributed by atoms with Crippen LogP contribution in [0.25, 0.3) is 0 Å². The molecule has 0 aromatic heterocycles. The lowest BCUT2D eigenvalue weighted by Crippen LogP contribution is -2.49. The molecule has 0 spiro atoms. The third-order valence-corrected chi connectivity index (χ3v) is 4.15. The average Bonchev–Trinajstić information content (AvgIpc) is 2.50. The summed E-state index contributed by atoms with van der Waals surface area (Å²) in [6.45, 7) is 7.75. The van der Waals surface area contributed by atoms with E-state index in [0.717, 1.165) is 31.7 Å². The highest BCUT2D eigenvalue weighted by atomic mass is 19.1. The Bertz CT molecular complexity index is 473. The van der Waals surface area contributed by atoms with Crippen molar-refractivity contribution in [3.05, 3.63) is 29.6 Å². The minimum atomic E-state index is -0.345. The van der Waals surface area contributed by atoms with Crippen LogP contribution in [0.5, 0.6) is 5.75 Å². The number of nitrogens with zero attached hydrogens (tertiary/aromatic N) is 1. The summed E-state index contributed by atoms with van der Waals surface area (Å²) in [6, 6.07) is 4.64. The number of aliphatic hydroxyl groups is 1. The van der Waals surface area contributed by atoms with Crippen molar-refractivity contribution in [1.82, 2.24) is 10.2 Å². The van der Waals surface area contributed by atoms with E-state index < -0.39 is 0 Å². The monoisotopic (exact) mass is 296 g/mol. The number of methoxy groups -OCH3 is 1. The summed E-state index contributed by atoms with van der Waals surface area (Å²) in [4.78, 5) is 2.34. The predicted molar refractivity (Wildman–Crippen MR) is 81.0 cm³/mol. The smallest absolute Gasteiger partial charge is 0.126 e. The van der Waals surface area contributed by atoms with E-state index in [9.17, 15) is 9.50 Å². The molecule has 1 heterocycles. The van der Waals surface area contributed by atoms with Gasteiger partial charge >= 0.3 is 0 Å². The second-order valence-corrected chi connectivity index (χ2v) is 6.22. The number of benzene rings is 1. The Morgan fingerprint density at radius 1 is 1.38 bits per heavy atom. The Hall–Kier alpha value is -1.17. The Balaban J connectivity index is 2.43. The summed E-state index contributed by atoms with van der Waals surface area (Å²) in [5.41, 5.74) is 0.586. The SMILES string of the molecule is COc1cc(F)ccc1[C@@H](N1CCNCC1)C(C)(C)CO. The van der Waals surface area contributed by atoms with E-state index in [1.54, 1.807) is 13.2 Å². The fourth-order valence-corrected chi connectivity index (χ4v) is 3.05. The predicted octanol–water partition coefficient (Wildman–Crippen LogP) is 1.80. The molecule has 1 aromatic carbocycles. The summed E-state index contributed by atoms with van der Waals surface area (Å²) >= 11 is 0. The lowest BCUT2D eigenvalue weighted by Gasteiger charge is -2.43. The molecule has 1 aliphatic heterocycles. The van der Waals surface area contributed by atoms with Crippen LogP contribution in [0.2, 0.25) is 0 Å². The Morgan fingerprint density at radius 3 is 2.62 bits per heavy atom. The molecule has 5 heteroatoms. The lowest BCUT2D eigenvalue weighted by molar-refractivity contribution is 0.0292. The Kier molecular flexibility index (Phi) is 5.19. The molecule has 118 valence electrons. The summed E-state index contributed by atoms with van der Waals surface area (Å²) in [5.74, 6) is 0.233. The zero-order valence-corrected chi connectivity index (χ0v) is 13.0. The van der Waals surface area contributed by atoms with Gasteiger partial charge in [0.05, 0.1) is 7.11 Å². The Labute approximate surface area is 125 Å². The van der Waals surface area contributed by atoms with Crippen LogP contribution in [0.1, 0.15) is 25.5 Å². The van der Waals surface area contributed by atoms with Gasteiger partial charge in [0.1, 0.15) is 11.6 Å². The van der Waals surface area contributed by atoms with Gasteiger partial charge in [-0.1, -0.05) is 19.9 Å². The minimum Gasteiger partial charge on any atom is -0.496 e. The third kappa shape index (κ3) is 3.54. The summed E-state index contributed by atoms with van der Waals surface area (Å²) < 4.78 is 18.8. The number of hydrogen-bond acceptors (Lipinski definition) is 4. The summed E-state index contributed by atoms with van der Waals surface area (Å²) in [6.07, 6.45) is 0. The largest absolute Gasteiger partial charge is 0.496 e. The zero-order chi connectivity index (χ0) is 15.5. The number of ether oxygens (including phenoxy) is 1. The highest BCUT2D eigenvalue weighted by Crippen LogP contribution is 2.42. The fourth-order valence-electron chi connectivity index (χ4n) is 3.05. The minimum absolute atomic E-state index is 0.0138. The van der Waals surface area contributed by atoms with Crippen molar-refractivity contribution in [2.75, 3.05) is 39.9 Å². The number of aliphatic hydroxyl groups excluding tert-OH is 1. The molecule has 1 fully saturated rings. The van der Waals surface area contributed by atoms with Crippen LogP contribution in [0.4, 0.5) is 4.39 Å². The number of hydrogen-bond donors (Lipinski definition) is 2. The molecule has 1 saturated heterocycles. The molecule has 0 bridgehead atoms. The third-order valence-electron chi connectivity index (χ3n) is 4.15. The molecular formula is C16H25FN2O2. The van der Waals surface area contributed by atoms with Crippen LogP contribution >= 0.6 is 0 Å². The Morgan fingerprint density at radius 2 is 2.05 bits per heavy atom. The lowest BCUT2D eigenvalue weighted by atomic mass is 9.79. The zero-order valence-electron chi connectivity index (χ0n) is 13.0. The molecule has 1 atom stereocenters. The summed E-state index contributed by atoms with van der Waals surface area (Å²) in [7, 11) is 1.55. The van der Waals surface area contributed by atoms with Crippen molar-refractivity contribution in [3.8, 4) is 5.75 Å². The molecule has 2 rings (SSSR count). The topological polar surface area (TPSA) is 44.7 Å². The van der Waals surface area contributed by atoms with Crippen LogP contribution in [0, 0.1) is 11.2 Å². The van der Waals surface area contributed by atoms with Crippen LogP contribution in [-0.4, -0.2) is 49.9 Å². The van der Waals surface area contributed by atoms with Crippen LogP contribution in [0.3, 0.4) is 0 Å². The van der Waals surface area contributed by atoms with Gasteiger partial charge < -0.3 is 15.2 Å². The summed E-state index contributed by atoms with van der Waals surface area (Å²) in [5, 5.41) is 13.2. The first-order valence-electron chi connectivity index (χ1n) is 7.38. The van der Waals surface area contributed by atoms with Gasteiger partial charge in [-0.3, -0.25) is 4.90 Å². The van der Waals surface area contributed by atoms with E-state index in [0.29, 0.717) is 5.75 Å². The first-order valence-corrected chi connectivity index (χ1v) is 7.38. The molecule has 21 heavy (non-hydrogen) atoms. The quantitative estimate of drug-likeness (QED) is 0.870. The van der Waals surface area contributed by atoms with Gasteiger partial charge in [-0.05, 0) is 6.07 Å². The molecular weight excluding hydrogens is 271 g/mol. The maximum atomic E-state index is 13.5. The molecule has 0 radical (unpaired) electrons. The van der Waals surface area contributed by atoms with E-state index in [1.807, 2.05) is 13.8 Å². The second kappa shape index (κ2) is 6.73. The molecule has 1 aromatic rings. The number of nitrogens with one attached hydrogen (secondary N) is 1. The number of rotatable bonds is 5. The van der Waals surface area contributed by atoms with Crippen molar-refractivity contribution >= 4 is 0 Å². The molecule has 0 aliphatic carbocycles. The van der Waals surface area contributed by atoms with Gasteiger partial charge in [0, 0.05) is 55.9 Å². The maximum absolute atomic E-state index is 13.5. The van der Waals surface area contributed by atoms with Crippen molar-refractivity contribution < 1.29 is 14.2 Å². The van der Waals surface area contributed by atoms with Crippen molar-refractivity contribution in [2.24, 2.45) is 5.41 Å². The molecule has 1 aliphatic rings. The van der Waals surface area contributed by atoms with E-state index in [1.165, 1.54) is 12.1 Å². The molecule has 4 nitrogen and oxygen atoms in total. The number of piperazine rings is 1. The fraction of sp³-hybridized carbons (Fsp3) is 0.625. The van der Waals surface area contributed by atoms with Gasteiger partial charge in [0.25, 0.3) is 0 Å². The van der Waals surface area contributed by atoms with Crippen LogP contribution in [-0.2, 0) is 0 Å². The second-order valence-electron chi connectivity index (χ2n) is 6.22. The molecule has 0 amide bonds. The highest BCUT2D eigenvalue weighted by Gasteiger charge is 2.37. The van der Waals surface area contributed by atoms with Crippen molar-refractivity contribution in [1.29, 1.82) is 0 Å². The van der Waals surface area contributed by atoms with Gasteiger partial charge in [-0.25, -0.2) is 4.39 Å². The van der Waals surface area contributed by atoms with Crippen LogP contribution in [0.15, 0.2) is 18.2 Å². The van der Waals surface area contributed by atoms with Gasteiger partial charge in [-0.2, -0.15) is 0 Å². The average molecular weight is 296 g/mol. The molecule has 2 N–H and O–H groups in total. The van der Waals surface area contributed by atoms with E-state index in [-0.39, 0.29) is 23.9 Å². The number of halogens is 1.